The second-order valence-corrected chi connectivity index (χ2v) is 5.74. The third kappa shape index (κ3) is 3.86. The monoisotopic (exact) mass is 335 g/mol. The van der Waals surface area contributed by atoms with Crippen LogP contribution < -0.4 is 4.72 Å². The van der Waals surface area contributed by atoms with Gasteiger partial charge in [-0.15, -0.1) is 0 Å². The fraction of sp³-hybridized carbons (Fsp3) is 0.462. The minimum absolute atomic E-state index is 0.00554. The lowest BCUT2D eigenvalue weighted by molar-refractivity contribution is -0.146. The molecule has 9 heteroatoms. The van der Waals surface area contributed by atoms with Crippen LogP contribution in [0.25, 0.3) is 0 Å². The first-order valence-electron chi connectivity index (χ1n) is 6.53. The van der Waals surface area contributed by atoms with Crippen LogP contribution in [-0.2, 0) is 27.3 Å². The molecule has 1 saturated heterocycles. The summed E-state index contributed by atoms with van der Waals surface area (Å²) in [6, 6.07) is 1.83. The van der Waals surface area contributed by atoms with Gasteiger partial charge in [0.25, 0.3) is 0 Å². The van der Waals surface area contributed by atoms with Crippen molar-refractivity contribution in [3.63, 3.8) is 0 Å². The summed E-state index contributed by atoms with van der Waals surface area (Å²) in [5.41, 5.74) is -0.175. The lowest BCUT2D eigenvalue weighted by atomic mass is 9.82. The van der Waals surface area contributed by atoms with Crippen LogP contribution >= 0.6 is 0 Å². The van der Waals surface area contributed by atoms with E-state index in [1.54, 1.807) is 0 Å². The largest absolute Gasteiger partial charge is 0.481 e. The van der Waals surface area contributed by atoms with Crippen molar-refractivity contribution in [1.82, 2.24) is 4.72 Å². The number of carboxylic acid groups (broad SMARTS) is 1. The Kier molecular flexibility index (Phi) is 5.57. The molecule has 3 atom stereocenters. The van der Waals surface area contributed by atoms with Crippen molar-refractivity contribution >= 4 is 17.2 Å². The number of carboxylic acids is 1. The zero-order valence-corrected chi connectivity index (χ0v) is 12.2. The normalized spacial score (nSPS) is 23.2. The van der Waals surface area contributed by atoms with Crippen molar-refractivity contribution in [2.45, 2.75) is 18.9 Å². The quantitative estimate of drug-likeness (QED) is 0.707. The number of carbonyl (C=O) groups is 1. The summed E-state index contributed by atoms with van der Waals surface area (Å²) < 4.78 is 54.5. The summed E-state index contributed by atoms with van der Waals surface area (Å²) in [5, 5.41) is 9.19. The molecule has 0 aliphatic carbocycles. The van der Waals surface area contributed by atoms with E-state index in [9.17, 15) is 22.9 Å². The van der Waals surface area contributed by atoms with E-state index in [1.807, 2.05) is 0 Å². The van der Waals surface area contributed by atoms with Gasteiger partial charge >= 0.3 is 5.97 Å². The Morgan fingerprint density at radius 2 is 2.14 bits per heavy atom. The highest BCUT2D eigenvalue weighted by Crippen LogP contribution is 2.34. The van der Waals surface area contributed by atoms with Gasteiger partial charge in [0.1, 0.15) is 11.6 Å². The summed E-state index contributed by atoms with van der Waals surface area (Å²) >= 11 is -2.34. The number of rotatable bonds is 5. The number of nitrogens with one attached hydrogen (secondary N) is 1. The molecule has 2 rings (SSSR count). The topological polar surface area (TPSA) is 95.9 Å². The molecule has 0 aromatic heterocycles. The smallest absolute Gasteiger partial charge is 0.307 e. The van der Waals surface area contributed by atoms with Gasteiger partial charge in [0, 0.05) is 24.6 Å². The molecule has 122 valence electrons. The summed E-state index contributed by atoms with van der Waals surface area (Å²) in [6.45, 7) is -0.0524. The Balaban J connectivity index is 2.29. The Bertz CT molecular complexity index is 598. The molecule has 1 aliphatic rings. The van der Waals surface area contributed by atoms with Crippen LogP contribution in [0.3, 0.4) is 0 Å². The number of aliphatic carboxylic acids is 1. The molecule has 1 heterocycles. The van der Waals surface area contributed by atoms with E-state index in [-0.39, 0.29) is 37.3 Å². The second kappa shape index (κ2) is 7.23. The zero-order valence-electron chi connectivity index (χ0n) is 11.4. The Hall–Kier alpha value is -1.42. The van der Waals surface area contributed by atoms with Gasteiger partial charge in [-0.2, -0.15) is 0 Å². The average molecular weight is 335 g/mol. The van der Waals surface area contributed by atoms with Gasteiger partial charge in [-0.3, -0.25) is 9.35 Å². The predicted molar refractivity (Wildman–Crippen MR) is 73.3 cm³/mol. The fourth-order valence-corrected chi connectivity index (χ4v) is 2.78. The van der Waals surface area contributed by atoms with E-state index < -0.39 is 40.7 Å². The summed E-state index contributed by atoms with van der Waals surface area (Å²) in [5.74, 6) is -4.21. The van der Waals surface area contributed by atoms with Gasteiger partial charge in [0.05, 0.1) is 12.5 Å². The number of benzene rings is 1. The highest BCUT2D eigenvalue weighted by atomic mass is 32.2. The van der Waals surface area contributed by atoms with Crippen molar-refractivity contribution in [2.75, 3.05) is 13.2 Å². The van der Waals surface area contributed by atoms with Gasteiger partial charge in [0.2, 0.25) is 11.3 Å². The van der Waals surface area contributed by atoms with E-state index in [0.717, 1.165) is 12.1 Å². The van der Waals surface area contributed by atoms with Crippen LogP contribution in [0.5, 0.6) is 0 Å². The van der Waals surface area contributed by atoms with Crippen molar-refractivity contribution < 1.29 is 32.2 Å². The Morgan fingerprint density at radius 1 is 1.41 bits per heavy atom. The fourth-order valence-electron chi connectivity index (χ4n) is 2.50. The minimum atomic E-state index is -2.34. The minimum Gasteiger partial charge on any atom is -0.481 e. The summed E-state index contributed by atoms with van der Waals surface area (Å²) in [7, 11) is 0. The van der Waals surface area contributed by atoms with Gasteiger partial charge in [-0.25, -0.2) is 17.7 Å². The molecule has 3 unspecified atom stereocenters. The first kappa shape index (κ1) is 16.9. The maximum absolute atomic E-state index is 14.2. The van der Waals surface area contributed by atoms with Crippen molar-refractivity contribution in [3.8, 4) is 0 Å². The highest BCUT2D eigenvalue weighted by Gasteiger charge is 2.34. The molecule has 1 aliphatic heterocycles. The van der Waals surface area contributed by atoms with Crippen molar-refractivity contribution in [3.05, 3.63) is 34.9 Å². The van der Waals surface area contributed by atoms with E-state index in [1.165, 1.54) is 0 Å². The van der Waals surface area contributed by atoms with Gasteiger partial charge in [0.15, 0.2) is 0 Å². The van der Waals surface area contributed by atoms with Crippen LogP contribution in [0.15, 0.2) is 12.1 Å². The first-order chi connectivity index (χ1) is 10.4. The third-order valence-corrected chi connectivity index (χ3v) is 4.02. The molecule has 1 fully saturated rings. The standard InChI is InChI=1S/C13H15F2NO5S/c14-11-4-9(10-6-21-2-1-8(10)13(17)18)12(15)3-7(11)5-16-22(19)20/h3-4,8,10,16H,1-2,5-6H2,(H,17,18)(H,19,20). The Morgan fingerprint density at radius 3 is 2.77 bits per heavy atom. The molecular weight excluding hydrogens is 320 g/mol. The molecule has 1 aromatic rings. The van der Waals surface area contributed by atoms with Gasteiger partial charge in [-0.05, 0) is 24.1 Å². The molecule has 0 spiro atoms. The van der Waals surface area contributed by atoms with E-state index in [0.29, 0.717) is 0 Å². The maximum Gasteiger partial charge on any atom is 0.307 e. The third-order valence-electron chi connectivity index (χ3n) is 3.62. The molecule has 0 bridgehead atoms. The van der Waals surface area contributed by atoms with E-state index >= 15 is 0 Å². The maximum atomic E-state index is 14.2. The summed E-state index contributed by atoms with van der Waals surface area (Å²) in [4.78, 5) is 11.2. The molecular formula is C13H15F2NO5S. The number of hydrogen-bond acceptors (Lipinski definition) is 3. The SMILES string of the molecule is O=C(O)C1CCOCC1c1cc(F)c(CNS(=O)O)cc1F. The Labute approximate surface area is 127 Å². The predicted octanol–water partition coefficient (Wildman–Crippen LogP) is 1.40. The molecule has 22 heavy (non-hydrogen) atoms. The van der Waals surface area contributed by atoms with E-state index in [2.05, 4.69) is 4.72 Å². The lowest BCUT2D eigenvalue weighted by Gasteiger charge is -2.29. The zero-order chi connectivity index (χ0) is 16.3. The van der Waals surface area contributed by atoms with E-state index in [4.69, 9.17) is 9.29 Å². The van der Waals surface area contributed by atoms with Crippen LogP contribution in [0.1, 0.15) is 23.5 Å². The summed E-state index contributed by atoms with van der Waals surface area (Å²) in [6.07, 6.45) is 0.230. The van der Waals surface area contributed by atoms with Crippen LogP contribution in [0.4, 0.5) is 8.78 Å². The second-order valence-electron chi connectivity index (χ2n) is 4.95. The average Bonchev–Trinajstić information content (AvgIpc) is 2.47. The van der Waals surface area contributed by atoms with Crippen LogP contribution in [0.2, 0.25) is 0 Å². The molecule has 0 amide bonds. The van der Waals surface area contributed by atoms with Gasteiger partial charge < -0.3 is 9.84 Å². The number of hydrogen-bond donors (Lipinski definition) is 3. The number of ether oxygens (including phenoxy) is 1. The van der Waals surface area contributed by atoms with Crippen molar-refractivity contribution in [1.29, 1.82) is 0 Å². The molecule has 0 saturated carbocycles. The molecule has 6 nitrogen and oxygen atoms in total. The lowest BCUT2D eigenvalue weighted by Crippen LogP contribution is -2.32. The molecule has 1 aromatic carbocycles. The van der Waals surface area contributed by atoms with Crippen LogP contribution in [-0.4, -0.2) is 33.1 Å². The highest BCUT2D eigenvalue weighted by molar-refractivity contribution is 7.77. The van der Waals surface area contributed by atoms with Crippen molar-refractivity contribution in [2.24, 2.45) is 5.92 Å². The van der Waals surface area contributed by atoms with Gasteiger partial charge in [-0.1, -0.05) is 0 Å². The first-order valence-corrected chi connectivity index (χ1v) is 7.63. The molecule has 0 radical (unpaired) electrons. The van der Waals surface area contributed by atoms with Crippen LogP contribution in [0, 0.1) is 17.6 Å². The number of halogens is 2. The molecule has 3 N–H and O–H groups in total.